The van der Waals surface area contributed by atoms with Gasteiger partial charge in [-0.3, -0.25) is 9.59 Å². The first-order valence-corrected chi connectivity index (χ1v) is 9.72. The second kappa shape index (κ2) is 10.3. The highest BCUT2D eigenvalue weighted by molar-refractivity contribution is 5.78. The first-order chi connectivity index (χ1) is 12.5. The van der Waals surface area contributed by atoms with E-state index in [9.17, 15) is 9.59 Å². The minimum atomic E-state index is -0.344. The maximum atomic E-state index is 12.7. The van der Waals surface area contributed by atoms with Gasteiger partial charge in [0.1, 0.15) is 0 Å². The summed E-state index contributed by atoms with van der Waals surface area (Å²) in [7, 11) is 0. The summed E-state index contributed by atoms with van der Waals surface area (Å²) in [5.74, 6) is 0.655. The highest BCUT2D eigenvalue weighted by Crippen LogP contribution is 2.26. The van der Waals surface area contributed by atoms with E-state index >= 15 is 0 Å². The van der Waals surface area contributed by atoms with E-state index in [1.54, 1.807) is 6.92 Å². The predicted octanol–water partition coefficient (Wildman–Crippen LogP) is 3.13. The molecule has 0 bridgehead atoms. The van der Waals surface area contributed by atoms with E-state index in [2.05, 4.69) is 17.6 Å². The van der Waals surface area contributed by atoms with Gasteiger partial charge in [-0.15, -0.1) is 0 Å². The lowest BCUT2D eigenvalue weighted by molar-refractivity contribution is -0.143. The Hall–Kier alpha value is -1.88. The van der Waals surface area contributed by atoms with Gasteiger partial charge in [-0.25, -0.2) is 0 Å². The van der Waals surface area contributed by atoms with Gasteiger partial charge in [0.05, 0.1) is 19.1 Å². The molecule has 2 atom stereocenters. The zero-order chi connectivity index (χ0) is 18.9. The second-order valence-electron chi connectivity index (χ2n) is 7.25. The Balaban J connectivity index is 2.01. The molecule has 1 heterocycles. The summed E-state index contributed by atoms with van der Waals surface area (Å²) in [6, 6.07) is 7.52. The van der Waals surface area contributed by atoms with Crippen molar-refractivity contribution in [3.05, 3.63) is 35.4 Å². The Morgan fingerprint density at radius 3 is 2.58 bits per heavy atom. The molecule has 1 aliphatic heterocycles. The number of hydrogen-bond donors (Lipinski definition) is 2. The fraction of sp³-hybridized carbons (Fsp3) is 0.619. The van der Waals surface area contributed by atoms with Crippen LogP contribution < -0.4 is 10.6 Å². The van der Waals surface area contributed by atoms with E-state index in [-0.39, 0.29) is 24.3 Å². The second-order valence-corrected chi connectivity index (χ2v) is 7.25. The molecule has 1 saturated heterocycles. The van der Waals surface area contributed by atoms with Crippen molar-refractivity contribution in [3.63, 3.8) is 0 Å². The van der Waals surface area contributed by atoms with Gasteiger partial charge in [-0.2, -0.15) is 0 Å². The van der Waals surface area contributed by atoms with Crippen LogP contribution in [0.3, 0.4) is 0 Å². The normalized spacial score (nSPS) is 17.3. The Morgan fingerprint density at radius 1 is 1.23 bits per heavy atom. The van der Waals surface area contributed by atoms with E-state index in [0.29, 0.717) is 24.9 Å². The smallest absolute Gasteiger partial charge is 0.308 e. The highest BCUT2D eigenvalue weighted by atomic mass is 16.5. The highest BCUT2D eigenvalue weighted by Gasteiger charge is 2.25. The number of ether oxygens (including phenoxy) is 1. The summed E-state index contributed by atoms with van der Waals surface area (Å²) in [5, 5.41) is 6.44. The zero-order valence-electron chi connectivity index (χ0n) is 16.2. The van der Waals surface area contributed by atoms with E-state index in [1.165, 1.54) is 0 Å². The van der Waals surface area contributed by atoms with Gasteiger partial charge in [0.2, 0.25) is 5.91 Å². The number of amides is 1. The molecule has 1 aromatic carbocycles. The van der Waals surface area contributed by atoms with Gasteiger partial charge in [0.15, 0.2) is 0 Å². The van der Waals surface area contributed by atoms with E-state index < -0.39 is 0 Å². The Kier molecular flexibility index (Phi) is 8.10. The van der Waals surface area contributed by atoms with E-state index in [4.69, 9.17) is 4.74 Å². The molecule has 0 saturated carbocycles. The van der Waals surface area contributed by atoms with Crippen molar-refractivity contribution < 1.29 is 14.3 Å². The van der Waals surface area contributed by atoms with E-state index in [1.807, 2.05) is 31.2 Å². The molecule has 2 N–H and O–H groups in total. The Morgan fingerprint density at radius 2 is 1.92 bits per heavy atom. The predicted molar refractivity (Wildman–Crippen MR) is 103 cm³/mol. The molecule has 2 unspecified atom stereocenters. The molecule has 1 fully saturated rings. The average molecular weight is 360 g/mol. The monoisotopic (exact) mass is 360 g/mol. The number of piperidine rings is 1. The lowest BCUT2D eigenvalue weighted by Gasteiger charge is -2.28. The van der Waals surface area contributed by atoms with Crippen LogP contribution in [0.4, 0.5) is 0 Å². The number of carbonyl (C=O) groups excluding carboxylic acids is 2. The number of rotatable bonds is 8. The van der Waals surface area contributed by atoms with Crippen LogP contribution in [0.1, 0.15) is 56.7 Å². The molecule has 5 heteroatoms. The molecule has 0 aromatic heterocycles. The minimum absolute atomic E-state index is 0.00795. The van der Waals surface area contributed by atoms with Crippen molar-refractivity contribution in [2.45, 2.75) is 52.5 Å². The first kappa shape index (κ1) is 20.4. The molecule has 144 valence electrons. The van der Waals surface area contributed by atoms with Crippen LogP contribution in [0.2, 0.25) is 0 Å². The van der Waals surface area contributed by atoms with Crippen LogP contribution in [0, 0.1) is 18.8 Å². The van der Waals surface area contributed by atoms with Crippen molar-refractivity contribution in [1.29, 1.82) is 0 Å². The lowest BCUT2D eigenvalue weighted by atomic mass is 9.84. The van der Waals surface area contributed by atoms with Crippen LogP contribution in [0.15, 0.2) is 24.3 Å². The maximum absolute atomic E-state index is 12.7. The molecule has 1 amide bonds. The third kappa shape index (κ3) is 6.13. The van der Waals surface area contributed by atoms with Gasteiger partial charge in [-0.05, 0) is 62.7 Å². The number of benzene rings is 1. The molecular weight excluding hydrogens is 328 g/mol. The van der Waals surface area contributed by atoms with Crippen LogP contribution >= 0.6 is 0 Å². The summed E-state index contributed by atoms with van der Waals surface area (Å²) in [6.45, 7) is 8.36. The van der Waals surface area contributed by atoms with Crippen molar-refractivity contribution >= 4 is 11.9 Å². The third-order valence-electron chi connectivity index (χ3n) is 5.27. The van der Waals surface area contributed by atoms with Crippen molar-refractivity contribution in [1.82, 2.24) is 10.6 Å². The van der Waals surface area contributed by atoms with Gasteiger partial charge < -0.3 is 15.4 Å². The number of esters is 1. The molecule has 0 aliphatic carbocycles. The molecular formula is C21H32N2O3. The fourth-order valence-corrected chi connectivity index (χ4v) is 3.73. The summed E-state index contributed by atoms with van der Waals surface area (Å²) in [6.07, 6.45) is 2.90. The van der Waals surface area contributed by atoms with E-state index in [0.717, 1.165) is 37.1 Å². The molecule has 1 aliphatic rings. The van der Waals surface area contributed by atoms with Crippen LogP contribution in [-0.2, 0) is 14.3 Å². The molecule has 0 radical (unpaired) electrons. The van der Waals surface area contributed by atoms with Gasteiger partial charge >= 0.3 is 5.97 Å². The SMILES string of the molecule is CCOC(=O)CC(NC(=O)CC(C)C1CCNCC1)c1ccccc1C. The third-order valence-corrected chi connectivity index (χ3v) is 5.27. The summed E-state index contributed by atoms with van der Waals surface area (Å²) >= 11 is 0. The van der Waals surface area contributed by atoms with Crippen LogP contribution in [0.5, 0.6) is 0 Å². The maximum Gasteiger partial charge on any atom is 0.308 e. The molecule has 26 heavy (non-hydrogen) atoms. The summed E-state index contributed by atoms with van der Waals surface area (Å²) in [4.78, 5) is 24.7. The molecule has 2 rings (SSSR count). The fourth-order valence-electron chi connectivity index (χ4n) is 3.73. The number of nitrogens with one attached hydrogen (secondary N) is 2. The van der Waals surface area contributed by atoms with Crippen molar-refractivity contribution in [2.75, 3.05) is 19.7 Å². The van der Waals surface area contributed by atoms with Crippen LogP contribution in [-0.4, -0.2) is 31.6 Å². The standard InChI is InChI=1S/C21H32N2O3/c1-4-26-21(25)14-19(18-8-6-5-7-15(18)2)23-20(24)13-16(3)17-9-11-22-12-10-17/h5-8,16-17,19,22H,4,9-14H2,1-3H3,(H,23,24). The molecule has 5 nitrogen and oxygen atoms in total. The quantitative estimate of drug-likeness (QED) is 0.699. The van der Waals surface area contributed by atoms with Gasteiger partial charge in [0.25, 0.3) is 0 Å². The van der Waals surface area contributed by atoms with Crippen molar-refractivity contribution in [3.8, 4) is 0 Å². The topological polar surface area (TPSA) is 67.4 Å². The van der Waals surface area contributed by atoms with Crippen molar-refractivity contribution in [2.24, 2.45) is 11.8 Å². The molecule has 0 spiro atoms. The number of carbonyl (C=O) groups is 2. The summed E-state index contributed by atoms with van der Waals surface area (Å²) in [5.41, 5.74) is 2.04. The number of hydrogen-bond acceptors (Lipinski definition) is 4. The zero-order valence-corrected chi connectivity index (χ0v) is 16.2. The largest absolute Gasteiger partial charge is 0.466 e. The van der Waals surface area contributed by atoms with Crippen LogP contribution in [0.25, 0.3) is 0 Å². The first-order valence-electron chi connectivity index (χ1n) is 9.72. The number of aryl methyl sites for hydroxylation is 1. The lowest BCUT2D eigenvalue weighted by Crippen LogP contribution is -2.35. The average Bonchev–Trinajstić information content (AvgIpc) is 2.62. The van der Waals surface area contributed by atoms with Gasteiger partial charge in [-0.1, -0.05) is 31.2 Å². The molecule has 1 aromatic rings. The Bertz CT molecular complexity index is 597. The summed E-state index contributed by atoms with van der Waals surface area (Å²) < 4.78 is 5.09. The Labute approximate surface area is 156 Å². The minimum Gasteiger partial charge on any atom is -0.466 e. The van der Waals surface area contributed by atoms with Gasteiger partial charge in [0, 0.05) is 6.42 Å².